The van der Waals surface area contributed by atoms with Crippen LogP contribution in [0.4, 0.5) is 0 Å². The molecule has 2 heterocycles. The topological polar surface area (TPSA) is 82.2 Å². The van der Waals surface area contributed by atoms with Crippen LogP contribution in [0.2, 0.25) is 0 Å². The van der Waals surface area contributed by atoms with Crippen LogP contribution < -0.4 is 5.32 Å². The predicted octanol–water partition coefficient (Wildman–Crippen LogP) is -2.07. The van der Waals surface area contributed by atoms with Crippen molar-refractivity contribution in [1.82, 2.24) is 18.8 Å². The Balaban J connectivity index is 1.87. The highest BCUT2D eigenvalue weighted by molar-refractivity contribution is 7.86. The van der Waals surface area contributed by atoms with Gasteiger partial charge in [-0.2, -0.15) is 17.0 Å². The Morgan fingerprint density at radius 2 is 1.60 bits per heavy atom. The molecular formula is C11H22N4O4S. The average molecular weight is 306 g/mol. The first-order valence-electron chi connectivity index (χ1n) is 6.79. The number of ether oxygens (including phenoxy) is 1. The molecule has 2 aliphatic rings. The average Bonchev–Trinajstić information content (AvgIpc) is 2.48. The second kappa shape index (κ2) is 6.81. The summed E-state index contributed by atoms with van der Waals surface area (Å²) >= 11 is 0. The summed E-state index contributed by atoms with van der Waals surface area (Å²) in [6.07, 6.45) is 0. The zero-order chi connectivity index (χ0) is 14.6. The summed E-state index contributed by atoms with van der Waals surface area (Å²) in [5, 5.41) is 3.14. The van der Waals surface area contributed by atoms with E-state index in [4.69, 9.17) is 0 Å². The van der Waals surface area contributed by atoms with E-state index in [-0.39, 0.29) is 12.5 Å². The molecule has 116 valence electrons. The molecule has 2 rings (SSSR count). The van der Waals surface area contributed by atoms with Crippen LogP contribution in [0.1, 0.15) is 0 Å². The van der Waals surface area contributed by atoms with Crippen LogP contribution in [-0.2, 0) is 19.7 Å². The smallest absolute Gasteiger partial charge is 0.319 e. The molecule has 0 saturated carbocycles. The third kappa shape index (κ3) is 3.67. The van der Waals surface area contributed by atoms with E-state index >= 15 is 0 Å². The number of carbonyl (C=O) groups is 1. The summed E-state index contributed by atoms with van der Waals surface area (Å²) < 4.78 is 32.5. The first kappa shape index (κ1) is 15.6. The molecule has 0 bridgehead atoms. The predicted molar refractivity (Wildman–Crippen MR) is 73.4 cm³/mol. The number of piperazine rings is 2. The standard InChI is InChI=1S/C11H22N4O4S/c1-19-11(16)10-13-6-8-15(9-7-13)20(17,18)14-4-2-12-3-5-14/h12H,2-10H2,1H3. The number of nitrogens with one attached hydrogen (secondary N) is 1. The Kier molecular flexibility index (Phi) is 5.33. The molecule has 0 amide bonds. The van der Waals surface area contributed by atoms with Crippen LogP contribution in [0.3, 0.4) is 0 Å². The fourth-order valence-electron chi connectivity index (χ4n) is 2.40. The first-order valence-corrected chi connectivity index (χ1v) is 8.19. The van der Waals surface area contributed by atoms with Gasteiger partial charge in [0.15, 0.2) is 0 Å². The quantitative estimate of drug-likeness (QED) is 0.601. The van der Waals surface area contributed by atoms with Crippen molar-refractivity contribution in [1.29, 1.82) is 0 Å². The number of hydrogen-bond acceptors (Lipinski definition) is 6. The zero-order valence-corrected chi connectivity index (χ0v) is 12.6. The second-order valence-electron chi connectivity index (χ2n) is 4.91. The van der Waals surface area contributed by atoms with Gasteiger partial charge in [-0.25, -0.2) is 0 Å². The summed E-state index contributed by atoms with van der Waals surface area (Å²) in [5.74, 6) is -0.289. The maximum Gasteiger partial charge on any atom is 0.319 e. The third-order valence-corrected chi connectivity index (χ3v) is 5.68. The van der Waals surface area contributed by atoms with Crippen LogP contribution in [-0.4, -0.2) is 93.9 Å². The van der Waals surface area contributed by atoms with E-state index in [0.717, 1.165) is 0 Å². The van der Waals surface area contributed by atoms with Gasteiger partial charge in [-0.15, -0.1) is 0 Å². The molecule has 20 heavy (non-hydrogen) atoms. The van der Waals surface area contributed by atoms with Crippen molar-refractivity contribution in [3.05, 3.63) is 0 Å². The van der Waals surface area contributed by atoms with Gasteiger partial charge >= 0.3 is 5.97 Å². The van der Waals surface area contributed by atoms with Gasteiger partial charge in [-0.3, -0.25) is 9.69 Å². The fourth-order valence-corrected chi connectivity index (χ4v) is 4.00. The molecule has 0 aliphatic carbocycles. The lowest BCUT2D eigenvalue weighted by atomic mass is 10.3. The summed E-state index contributed by atoms with van der Waals surface area (Å²) in [6, 6.07) is 0. The van der Waals surface area contributed by atoms with E-state index in [2.05, 4.69) is 10.1 Å². The molecule has 8 nitrogen and oxygen atoms in total. The van der Waals surface area contributed by atoms with E-state index < -0.39 is 10.2 Å². The van der Waals surface area contributed by atoms with E-state index in [1.54, 1.807) is 0 Å². The Morgan fingerprint density at radius 3 is 2.15 bits per heavy atom. The van der Waals surface area contributed by atoms with Gasteiger partial charge in [0.25, 0.3) is 10.2 Å². The molecule has 1 N–H and O–H groups in total. The molecule has 9 heteroatoms. The monoisotopic (exact) mass is 306 g/mol. The third-order valence-electron chi connectivity index (χ3n) is 3.64. The zero-order valence-electron chi connectivity index (χ0n) is 11.7. The van der Waals surface area contributed by atoms with Crippen LogP contribution in [0.5, 0.6) is 0 Å². The van der Waals surface area contributed by atoms with Crippen molar-refractivity contribution in [3.63, 3.8) is 0 Å². The molecule has 0 unspecified atom stereocenters. The molecule has 2 aliphatic heterocycles. The first-order chi connectivity index (χ1) is 9.54. The highest BCUT2D eigenvalue weighted by atomic mass is 32.2. The van der Waals surface area contributed by atoms with Gasteiger partial charge in [0.2, 0.25) is 0 Å². The van der Waals surface area contributed by atoms with Gasteiger partial charge in [-0.1, -0.05) is 0 Å². The minimum Gasteiger partial charge on any atom is -0.468 e. The Hall–Kier alpha value is -0.740. The van der Waals surface area contributed by atoms with Crippen molar-refractivity contribution < 1.29 is 17.9 Å². The lowest BCUT2D eigenvalue weighted by Gasteiger charge is -2.37. The Labute approximate surface area is 119 Å². The number of nitrogens with zero attached hydrogens (tertiary/aromatic N) is 3. The Morgan fingerprint density at radius 1 is 1.05 bits per heavy atom. The summed E-state index contributed by atoms with van der Waals surface area (Å²) in [6.45, 7) is 4.60. The van der Waals surface area contributed by atoms with Crippen molar-refractivity contribution in [3.8, 4) is 0 Å². The highest BCUT2D eigenvalue weighted by Gasteiger charge is 2.33. The number of rotatable bonds is 4. The summed E-state index contributed by atoms with van der Waals surface area (Å²) in [5.41, 5.74) is 0. The van der Waals surface area contributed by atoms with Gasteiger partial charge < -0.3 is 10.1 Å². The number of hydrogen-bond donors (Lipinski definition) is 1. The second-order valence-corrected chi connectivity index (χ2v) is 6.84. The van der Waals surface area contributed by atoms with Crippen LogP contribution >= 0.6 is 0 Å². The largest absolute Gasteiger partial charge is 0.468 e. The normalized spacial score (nSPS) is 23.6. The van der Waals surface area contributed by atoms with E-state index in [0.29, 0.717) is 52.4 Å². The number of carbonyl (C=O) groups excluding carboxylic acids is 1. The molecule has 0 aromatic carbocycles. The van der Waals surface area contributed by atoms with E-state index in [1.807, 2.05) is 4.90 Å². The maximum absolute atomic E-state index is 12.4. The lowest BCUT2D eigenvalue weighted by molar-refractivity contribution is -0.142. The van der Waals surface area contributed by atoms with Crippen LogP contribution in [0.25, 0.3) is 0 Å². The van der Waals surface area contributed by atoms with Crippen LogP contribution in [0, 0.1) is 0 Å². The molecule has 2 fully saturated rings. The number of methoxy groups -OCH3 is 1. The lowest BCUT2D eigenvalue weighted by Crippen LogP contribution is -2.56. The maximum atomic E-state index is 12.4. The summed E-state index contributed by atoms with van der Waals surface area (Å²) in [4.78, 5) is 13.1. The molecule has 0 aromatic rings. The van der Waals surface area contributed by atoms with Crippen molar-refractivity contribution in [2.75, 3.05) is 66.0 Å². The molecule has 0 radical (unpaired) electrons. The van der Waals surface area contributed by atoms with Crippen molar-refractivity contribution in [2.24, 2.45) is 0 Å². The van der Waals surface area contributed by atoms with Crippen LogP contribution in [0.15, 0.2) is 0 Å². The molecule has 2 saturated heterocycles. The fraction of sp³-hybridized carbons (Fsp3) is 0.909. The minimum absolute atomic E-state index is 0.220. The van der Waals surface area contributed by atoms with Gasteiger partial charge in [0.05, 0.1) is 13.7 Å². The molecule has 0 spiro atoms. The van der Waals surface area contributed by atoms with E-state index in [9.17, 15) is 13.2 Å². The minimum atomic E-state index is -3.36. The highest BCUT2D eigenvalue weighted by Crippen LogP contribution is 2.12. The van der Waals surface area contributed by atoms with Crippen molar-refractivity contribution >= 4 is 16.2 Å². The molecular weight excluding hydrogens is 284 g/mol. The van der Waals surface area contributed by atoms with Gasteiger partial charge in [0.1, 0.15) is 0 Å². The summed E-state index contributed by atoms with van der Waals surface area (Å²) in [7, 11) is -2.00. The molecule has 0 atom stereocenters. The Bertz CT molecular complexity index is 428. The van der Waals surface area contributed by atoms with Crippen molar-refractivity contribution in [2.45, 2.75) is 0 Å². The number of esters is 1. The van der Waals surface area contributed by atoms with E-state index in [1.165, 1.54) is 15.7 Å². The van der Waals surface area contributed by atoms with Gasteiger partial charge in [0, 0.05) is 52.4 Å². The molecule has 0 aromatic heterocycles. The van der Waals surface area contributed by atoms with Gasteiger partial charge in [-0.05, 0) is 0 Å². The SMILES string of the molecule is COC(=O)CN1CCN(S(=O)(=O)N2CCNCC2)CC1.